The van der Waals surface area contributed by atoms with Gasteiger partial charge in [-0.1, -0.05) is 6.92 Å². The maximum absolute atomic E-state index is 14.6. The van der Waals surface area contributed by atoms with Crippen LogP contribution in [0.3, 0.4) is 0 Å². The van der Waals surface area contributed by atoms with Crippen molar-refractivity contribution in [1.82, 2.24) is 0 Å². The van der Waals surface area contributed by atoms with Gasteiger partial charge in [0.1, 0.15) is 0 Å². The molecule has 4 bridgehead atoms. The van der Waals surface area contributed by atoms with Crippen LogP contribution in [0.25, 0.3) is 0 Å². The fourth-order valence-electron chi connectivity index (χ4n) is 7.56. The summed E-state index contributed by atoms with van der Waals surface area (Å²) in [7, 11) is 0. The molecule has 4 aliphatic carbocycles. The molecule has 4 saturated carbocycles. The summed E-state index contributed by atoms with van der Waals surface area (Å²) in [6.45, 7) is 0.560. The molecule has 4 rings (SSSR count). The lowest BCUT2D eigenvalue weighted by Crippen LogP contribution is -2.78. The monoisotopic (exact) mass is 620 g/mol. The first kappa shape index (κ1) is 32.9. The quantitative estimate of drug-likeness (QED) is 0.252. The Morgan fingerprint density at radius 2 is 1.07 bits per heavy atom. The van der Waals surface area contributed by atoms with Gasteiger partial charge in [-0.05, 0) is 63.7 Å². The topological polar surface area (TPSA) is 46.5 Å². The van der Waals surface area contributed by atoms with Crippen molar-refractivity contribution in [3.8, 4) is 0 Å². The lowest BCUT2D eigenvalue weighted by molar-refractivity contribution is -0.450. The summed E-state index contributed by atoms with van der Waals surface area (Å²) < 4.78 is 216. The molecule has 40 heavy (non-hydrogen) atoms. The van der Waals surface area contributed by atoms with Gasteiger partial charge < -0.3 is 9.84 Å². The Labute approximate surface area is 216 Å². The molecule has 4 fully saturated rings. The van der Waals surface area contributed by atoms with Crippen molar-refractivity contribution in [3.05, 3.63) is 0 Å². The molecule has 0 aliphatic heterocycles. The molecule has 18 heteroatoms. The Hall–Kier alpha value is -1.62. The molecular formula is C22H23F15O3. The molecule has 0 spiro atoms. The predicted octanol–water partition coefficient (Wildman–Crippen LogP) is 7.81. The van der Waals surface area contributed by atoms with Gasteiger partial charge >= 0.3 is 42.5 Å². The Bertz CT molecular complexity index is 961. The van der Waals surface area contributed by atoms with Gasteiger partial charge in [0.15, 0.2) is 5.41 Å². The third kappa shape index (κ3) is 4.10. The summed E-state index contributed by atoms with van der Waals surface area (Å²) in [6.07, 6.45) is -42.0. The van der Waals surface area contributed by atoms with E-state index in [9.17, 15) is 75.8 Å². The van der Waals surface area contributed by atoms with Gasteiger partial charge in [-0.3, -0.25) is 4.79 Å². The van der Waals surface area contributed by atoms with Crippen molar-refractivity contribution in [2.75, 3.05) is 0 Å². The fourth-order valence-corrected chi connectivity index (χ4v) is 7.56. The molecule has 0 aromatic rings. The highest BCUT2D eigenvalue weighted by molar-refractivity contribution is 5.78. The molecule has 0 heterocycles. The third-order valence-corrected chi connectivity index (χ3v) is 9.22. The van der Waals surface area contributed by atoms with Gasteiger partial charge in [0.2, 0.25) is 0 Å². The zero-order chi connectivity index (χ0) is 31.4. The van der Waals surface area contributed by atoms with E-state index in [1.54, 1.807) is 0 Å². The maximum Gasteiger partial charge on any atom is 0.438 e. The number of alkyl halides is 15. The number of hydrogen-bond donors (Lipinski definition) is 1. The summed E-state index contributed by atoms with van der Waals surface area (Å²) in [5, 5.41) is 10.2. The van der Waals surface area contributed by atoms with Crippen LogP contribution in [-0.4, -0.2) is 53.2 Å². The molecule has 3 atom stereocenters. The van der Waals surface area contributed by atoms with Crippen molar-refractivity contribution < 1.29 is 80.5 Å². The van der Waals surface area contributed by atoms with Gasteiger partial charge in [-0.25, -0.2) is 0 Å². The van der Waals surface area contributed by atoms with Crippen LogP contribution in [0.4, 0.5) is 65.9 Å². The van der Waals surface area contributed by atoms with E-state index in [-0.39, 0.29) is 6.92 Å². The highest BCUT2D eigenvalue weighted by Crippen LogP contribution is 2.77. The predicted molar refractivity (Wildman–Crippen MR) is 102 cm³/mol. The highest BCUT2D eigenvalue weighted by atomic mass is 19.4. The smallest absolute Gasteiger partial charge is 0.438 e. The first-order chi connectivity index (χ1) is 17.5. The first-order valence-electron chi connectivity index (χ1n) is 11.8. The van der Waals surface area contributed by atoms with E-state index < -0.39 is 121 Å². The number of carbonyl (C=O) groups is 1. The molecular weight excluding hydrogens is 597 g/mol. The largest absolute Gasteiger partial charge is 0.438 e. The molecule has 0 amide bonds. The van der Waals surface area contributed by atoms with Crippen LogP contribution in [0.2, 0.25) is 0 Å². The van der Waals surface area contributed by atoms with Crippen LogP contribution in [0.1, 0.15) is 58.8 Å². The van der Waals surface area contributed by atoms with E-state index in [0.717, 1.165) is 0 Å². The van der Waals surface area contributed by atoms with Crippen molar-refractivity contribution in [1.29, 1.82) is 0 Å². The van der Waals surface area contributed by atoms with Crippen LogP contribution in [-0.2, 0) is 9.53 Å². The molecule has 234 valence electrons. The Morgan fingerprint density at radius 3 is 1.38 bits per heavy atom. The SMILES string of the molecule is CCC(C)(C(=O)OC(C(F)(F)F)(C(F)(F)F)C12CC3CC(CC(C(O)(C(F)(F)F)C(F)(F)F)(C3)C1)C2)C(F)(F)F. The lowest BCUT2D eigenvalue weighted by atomic mass is 9.37. The van der Waals surface area contributed by atoms with Crippen molar-refractivity contribution in [2.24, 2.45) is 28.1 Å². The second kappa shape index (κ2) is 8.71. The van der Waals surface area contributed by atoms with Crippen molar-refractivity contribution >= 4 is 5.97 Å². The van der Waals surface area contributed by atoms with Crippen LogP contribution in [0.5, 0.6) is 0 Å². The van der Waals surface area contributed by atoms with E-state index in [0.29, 0.717) is 6.92 Å². The molecule has 3 unspecified atom stereocenters. The second-order valence-electron chi connectivity index (χ2n) is 11.5. The van der Waals surface area contributed by atoms with Gasteiger partial charge in [0.25, 0.3) is 5.60 Å². The zero-order valence-corrected chi connectivity index (χ0v) is 20.5. The normalized spacial score (nSPS) is 31.8. The molecule has 0 saturated heterocycles. The Balaban J connectivity index is 2.36. The number of halogens is 15. The lowest BCUT2D eigenvalue weighted by Gasteiger charge is -2.68. The zero-order valence-electron chi connectivity index (χ0n) is 20.5. The molecule has 0 radical (unpaired) electrons. The Morgan fingerprint density at radius 1 is 0.700 bits per heavy atom. The minimum Gasteiger partial charge on any atom is -0.438 e. The number of aliphatic hydroxyl groups is 1. The number of hydrogen-bond acceptors (Lipinski definition) is 3. The van der Waals surface area contributed by atoms with Gasteiger partial charge in [-0.15, -0.1) is 0 Å². The van der Waals surface area contributed by atoms with Gasteiger partial charge in [0.05, 0.1) is 0 Å². The average Bonchev–Trinajstić information content (AvgIpc) is 2.70. The van der Waals surface area contributed by atoms with Crippen LogP contribution in [0.15, 0.2) is 0 Å². The molecule has 1 N–H and O–H groups in total. The highest BCUT2D eigenvalue weighted by Gasteiger charge is 2.89. The first-order valence-corrected chi connectivity index (χ1v) is 11.8. The Kier molecular flexibility index (Phi) is 7.16. The minimum absolute atomic E-state index is 0.0416. The third-order valence-electron chi connectivity index (χ3n) is 9.22. The van der Waals surface area contributed by atoms with Crippen molar-refractivity contribution in [2.45, 2.75) is 101 Å². The standard InChI is InChI=1S/C22H23F15O3/c1-3-13(2,18(23,24)25)12(38)40-17(21(32,33)34,22(35,36)37)15-7-10-4-11(8-15)6-14(5-10,9-15)16(39,19(26,27)28)20(29,30)31/h10-11,39H,3-9H2,1-2H3. The molecule has 4 aliphatic rings. The number of ether oxygens (including phenoxy) is 1. The summed E-state index contributed by atoms with van der Waals surface area (Å²) in [5.41, 5.74) is -23.1. The number of rotatable bonds is 5. The number of esters is 1. The van der Waals surface area contributed by atoms with E-state index in [2.05, 4.69) is 4.74 Å². The summed E-state index contributed by atoms with van der Waals surface area (Å²) in [6, 6.07) is 0. The van der Waals surface area contributed by atoms with Crippen LogP contribution < -0.4 is 0 Å². The number of carbonyl (C=O) groups excluding carboxylic acids is 1. The van der Waals surface area contributed by atoms with Gasteiger partial charge in [-0.2, -0.15) is 65.9 Å². The van der Waals surface area contributed by atoms with E-state index >= 15 is 0 Å². The van der Waals surface area contributed by atoms with Crippen molar-refractivity contribution in [3.63, 3.8) is 0 Å². The summed E-state index contributed by atoms with van der Waals surface area (Å²) in [4.78, 5) is 12.6. The fraction of sp³-hybridized carbons (Fsp3) is 0.955. The summed E-state index contributed by atoms with van der Waals surface area (Å²) in [5.74, 6) is -6.38. The van der Waals surface area contributed by atoms with E-state index in [1.165, 1.54) is 0 Å². The molecule has 3 nitrogen and oxygen atoms in total. The van der Waals surface area contributed by atoms with Gasteiger partial charge in [0, 0.05) is 10.8 Å². The minimum atomic E-state index is -6.84. The van der Waals surface area contributed by atoms with E-state index in [4.69, 9.17) is 0 Å². The summed E-state index contributed by atoms with van der Waals surface area (Å²) >= 11 is 0. The van der Waals surface area contributed by atoms with Crippen LogP contribution in [0, 0.1) is 28.1 Å². The molecule has 0 aromatic carbocycles. The second-order valence-corrected chi connectivity index (χ2v) is 11.5. The molecule has 0 aromatic heterocycles. The maximum atomic E-state index is 14.6. The van der Waals surface area contributed by atoms with Crippen LogP contribution >= 0.6 is 0 Å². The van der Waals surface area contributed by atoms with E-state index in [1.807, 2.05) is 0 Å². The average molecular weight is 620 g/mol.